The summed E-state index contributed by atoms with van der Waals surface area (Å²) in [6.07, 6.45) is 1.59. The third-order valence-corrected chi connectivity index (χ3v) is 6.33. The molecule has 0 radical (unpaired) electrons. The van der Waals surface area contributed by atoms with Gasteiger partial charge in [-0.1, -0.05) is 19.9 Å². The summed E-state index contributed by atoms with van der Waals surface area (Å²) in [5.41, 5.74) is 1.88. The van der Waals surface area contributed by atoms with Crippen LogP contribution in [0.5, 0.6) is 0 Å². The van der Waals surface area contributed by atoms with Gasteiger partial charge in [-0.25, -0.2) is 23.2 Å². The number of nitrogens with one attached hydrogen (secondary N) is 3. The summed E-state index contributed by atoms with van der Waals surface area (Å²) >= 11 is 0. The topological polar surface area (TPSA) is 119 Å². The summed E-state index contributed by atoms with van der Waals surface area (Å²) in [7, 11) is 3.27. The average Bonchev–Trinajstić information content (AvgIpc) is 3.36. The molecule has 0 saturated carbocycles. The standard InChI is InChI=1S/C28H26F2N8O2/c1-15(2)22-13-24(38(36-22)19-8-6-18(29)7-9-19)34-28(40)33-23-12-16(5-10-21(23)30)20-11-17-14-32-27(31-3)35-25(17)37(4)26(20)39/h5-15H,1-4H3,(H,31,32,35)(H2,33,34,40). The fourth-order valence-corrected chi connectivity index (χ4v) is 4.18. The molecule has 0 aliphatic carbocycles. The van der Waals surface area contributed by atoms with Gasteiger partial charge < -0.3 is 10.6 Å². The lowest BCUT2D eigenvalue weighted by molar-refractivity contribution is 0.262. The van der Waals surface area contributed by atoms with E-state index in [2.05, 4.69) is 31.0 Å². The molecule has 0 saturated heterocycles. The molecule has 204 valence electrons. The average molecular weight is 545 g/mol. The molecule has 0 spiro atoms. The highest BCUT2D eigenvalue weighted by atomic mass is 19.1. The fourth-order valence-electron chi connectivity index (χ4n) is 4.18. The Morgan fingerprint density at radius 1 is 1.00 bits per heavy atom. The highest BCUT2D eigenvalue weighted by Crippen LogP contribution is 2.26. The Morgan fingerprint density at radius 2 is 1.75 bits per heavy atom. The number of aromatic nitrogens is 5. The number of urea groups is 1. The minimum absolute atomic E-state index is 0.0548. The van der Waals surface area contributed by atoms with Crippen molar-refractivity contribution in [3.63, 3.8) is 0 Å². The van der Waals surface area contributed by atoms with Crippen LogP contribution >= 0.6 is 0 Å². The Hall–Kier alpha value is -5.13. The van der Waals surface area contributed by atoms with Crippen LogP contribution in [-0.2, 0) is 7.05 Å². The molecule has 12 heteroatoms. The van der Waals surface area contributed by atoms with Crippen LogP contribution in [0, 0.1) is 11.6 Å². The van der Waals surface area contributed by atoms with Gasteiger partial charge in [0, 0.05) is 37.3 Å². The van der Waals surface area contributed by atoms with Crippen molar-refractivity contribution in [1.29, 1.82) is 0 Å². The molecule has 0 unspecified atom stereocenters. The SMILES string of the molecule is CNc1ncc2cc(-c3ccc(F)c(NC(=O)Nc4cc(C(C)C)nn4-c4ccc(F)cc4)c3)c(=O)n(C)c2n1. The number of hydrogen-bond acceptors (Lipinski definition) is 6. The first-order chi connectivity index (χ1) is 19.1. The van der Waals surface area contributed by atoms with E-state index in [0.717, 1.165) is 0 Å². The molecule has 5 aromatic rings. The molecule has 0 aliphatic rings. The van der Waals surface area contributed by atoms with Crippen LogP contribution in [0.4, 0.5) is 31.0 Å². The van der Waals surface area contributed by atoms with Gasteiger partial charge in [0.15, 0.2) is 0 Å². The molecule has 3 heterocycles. The molecule has 2 aromatic carbocycles. The zero-order valence-corrected chi connectivity index (χ0v) is 22.2. The second-order valence-electron chi connectivity index (χ2n) is 9.42. The van der Waals surface area contributed by atoms with Crippen molar-refractivity contribution in [3.8, 4) is 16.8 Å². The Bertz CT molecular complexity index is 1800. The molecule has 3 aromatic heterocycles. The van der Waals surface area contributed by atoms with Crippen LogP contribution in [0.25, 0.3) is 27.8 Å². The molecular weight excluding hydrogens is 518 g/mol. The number of amides is 2. The smallest absolute Gasteiger partial charge is 0.324 e. The maximum atomic E-state index is 14.8. The van der Waals surface area contributed by atoms with Crippen molar-refractivity contribution < 1.29 is 13.6 Å². The summed E-state index contributed by atoms with van der Waals surface area (Å²) in [6, 6.07) is 12.3. The molecule has 0 atom stereocenters. The Morgan fingerprint density at radius 3 is 2.45 bits per heavy atom. The van der Waals surface area contributed by atoms with Gasteiger partial charge in [-0.3, -0.25) is 14.7 Å². The van der Waals surface area contributed by atoms with E-state index in [4.69, 9.17) is 0 Å². The van der Waals surface area contributed by atoms with E-state index in [1.54, 1.807) is 32.4 Å². The lowest BCUT2D eigenvalue weighted by Gasteiger charge is -2.13. The molecule has 0 fully saturated rings. The van der Waals surface area contributed by atoms with Crippen LogP contribution in [0.3, 0.4) is 0 Å². The first-order valence-electron chi connectivity index (χ1n) is 12.4. The number of carbonyl (C=O) groups excluding carboxylic acids is 1. The molecule has 2 amide bonds. The van der Waals surface area contributed by atoms with Crippen LogP contribution in [0.1, 0.15) is 25.5 Å². The monoisotopic (exact) mass is 544 g/mol. The van der Waals surface area contributed by atoms with Crippen molar-refractivity contribution in [3.05, 3.63) is 88.5 Å². The number of fused-ring (bicyclic) bond motifs is 1. The number of aryl methyl sites for hydroxylation is 1. The van der Waals surface area contributed by atoms with Gasteiger partial charge in [0.2, 0.25) is 5.95 Å². The third kappa shape index (κ3) is 5.10. The van der Waals surface area contributed by atoms with Crippen LogP contribution in [-0.4, -0.2) is 37.4 Å². The Labute approximate surface area is 227 Å². The quantitative estimate of drug-likeness (QED) is 0.268. The van der Waals surface area contributed by atoms with Gasteiger partial charge in [0.25, 0.3) is 5.56 Å². The van der Waals surface area contributed by atoms with E-state index in [-0.39, 0.29) is 22.7 Å². The van der Waals surface area contributed by atoms with E-state index in [1.807, 2.05) is 13.8 Å². The second-order valence-corrected chi connectivity index (χ2v) is 9.42. The second kappa shape index (κ2) is 10.6. The lowest BCUT2D eigenvalue weighted by Crippen LogP contribution is -2.22. The van der Waals surface area contributed by atoms with Gasteiger partial charge in [-0.15, -0.1) is 0 Å². The number of nitrogens with zero attached hydrogens (tertiary/aromatic N) is 5. The van der Waals surface area contributed by atoms with Crippen molar-refractivity contribution in [2.75, 3.05) is 23.0 Å². The number of pyridine rings is 1. The highest BCUT2D eigenvalue weighted by molar-refractivity contribution is 6.00. The molecular formula is C28H26F2N8O2. The number of halogens is 2. The third-order valence-electron chi connectivity index (χ3n) is 6.33. The van der Waals surface area contributed by atoms with Gasteiger partial charge in [0.05, 0.1) is 17.1 Å². The number of carbonyl (C=O) groups is 1. The van der Waals surface area contributed by atoms with Crippen molar-refractivity contribution in [2.45, 2.75) is 19.8 Å². The normalized spacial score (nSPS) is 11.2. The predicted octanol–water partition coefficient (Wildman–Crippen LogP) is 5.27. The van der Waals surface area contributed by atoms with Gasteiger partial charge >= 0.3 is 6.03 Å². The van der Waals surface area contributed by atoms with E-state index in [1.165, 1.54) is 51.7 Å². The van der Waals surface area contributed by atoms with Crippen molar-refractivity contribution in [2.24, 2.45) is 7.05 Å². The van der Waals surface area contributed by atoms with Gasteiger partial charge in [-0.05, 0) is 53.9 Å². The van der Waals surface area contributed by atoms with Crippen LogP contribution in [0.2, 0.25) is 0 Å². The van der Waals surface area contributed by atoms with E-state index in [9.17, 15) is 18.4 Å². The van der Waals surface area contributed by atoms with E-state index in [0.29, 0.717) is 39.7 Å². The fraction of sp³-hybridized carbons (Fsp3) is 0.179. The minimum Gasteiger partial charge on any atom is -0.357 e. The number of anilines is 3. The number of hydrogen-bond donors (Lipinski definition) is 3. The summed E-state index contributed by atoms with van der Waals surface area (Å²) < 4.78 is 31.1. The molecule has 10 nitrogen and oxygen atoms in total. The molecule has 3 N–H and O–H groups in total. The zero-order chi connectivity index (χ0) is 28.6. The summed E-state index contributed by atoms with van der Waals surface area (Å²) in [5.74, 6) is -0.351. The van der Waals surface area contributed by atoms with E-state index >= 15 is 0 Å². The maximum Gasteiger partial charge on any atom is 0.324 e. The van der Waals surface area contributed by atoms with Gasteiger partial charge in [0.1, 0.15) is 23.1 Å². The first kappa shape index (κ1) is 26.5. The largest absolute Gasteiger partial charge is 0.357 e. The Balaban J connectivity index is 1.45. The summed E-state index contributed by atoms with van der Waals surface area (Å²) in [6.45, 7) is 3.90. The first-order valence-corrected chi connectivity index (χ1v) is 12.4. The molecule has 40 heavy (non-hydrogen) atoms. The molecule has 0 bridgehead atoms. The van der Waals surface area contributed by atoms with Crippen LogP contribution < -0.4 is 21.5 Å². The zero-order valence-electron chi connectivity index (χ0n) is 22.2. The summed E-state index contributed by atoms with van der Waals surface area (Å²) in [5, 5.41) is 13.2. The Kier molecular flexibility index (Phi) is 6.99. The van der Waals surface area contributed by atoms with E-state index < -0.39 is 17.7 Å². The number of rotatable bonds is 6. The number of benzene rings is 2. The lowest BCUT2D eigenvalue weighted by atomic mass is 10.1. The highest BCUT2D eigenvalue weighted by Gasteiger charge is 2.17. The minimum atomic E-state index is -0.728. The van der Waals surface area contributed by atoms with Crippen molar-refractivity contribution >= 4 is 34.5 Å². The predicted molar refractivity (Wildman–Crippen MR) is 150 cm³/mol. The van der Waals surface area contributed by atoms with Gasteiger partial charge in [-0.2, -0.15) is 10.1 Å². The molecule has 0 aliphatic heterocycles. The molecule has 5 rings (SSSR count). The van der Waals surface area contributed by atoms with Crippen molar-refractivity contribution in [1.82, 2.24) is 24.3 Å². The summed E-state index contributed by atoms with van der Waals surface area (Å²) in [4.78, 5) is 34.7. The van der Waals surface area contributed by atoms with Crippen LogP contribution in [0.15, 0.2) is 65.6 Å². The maximum absolute atomic E-state index is 14.8.